The van der Waals surface area contributed by atoms with E-state index in [1.807, 2.05) is 0 Å². The molecule has 0 aliphatic heterocycles. The number of carbonyl (C=O) groups is 2. The van der Waals surface area contributed by atoms with Crippen molar-refractivity contribution in [3.05, 3.63) is 24.3 Å². The second-order valence-electron chi connectivity index (χ2n) is 2.11. The largest absolute Gasteiger partial charge is 0.283 e. The molecule has 0 rings (SSSR count). The van der Waals surface area contributed by atoms with Gasteiger partial charge < -0.3 is 0 Å². The Hall–Kier alpha value is 0.0300. The lowest BCUT2D eigenvalue weighted by atomic mass is 10.4. The van der Waals surface area contributed by atoms with Crippen molar-refractivity contribution in [2.24, 2.45) is 0 Å². The Labute approximate surface area is 94.4 Å². The summed E-state index contributed by atoms with van der Waals surface area (Å²) in [6.07, 6.45) is 0. The van der Waals surface area contributed by atoms with Crippen molar-refractivity contribution in [1.29, 1.82) is 0 Å². The fourth-order valence-corrected chi connectivity index (χ4v) is 0. The zero-order valence-corrected chi connectivity index (χ0v) is 10.7. The van der Waals surface area contributed by atoms with E-state index in [1.165, 1.54) is 0 Å². The Morgan fingerprint density at radius 1 is 1.17 bits per heavy atom. The summed E-state index contributed by atoms with van der Waals surface area (Å²) in [6.45, 7) is 10.1. The molecule has 0 saturated carbocycles. The molecule has 0 heterocycles. The van der Waals surface area contributed by atoms with Crippen LogP contribution < -0.4 is 0 Å². The number of carbonyl (C=O) groups excluding carboxylic acids is 2. The van der Waals surface area contributed by atoms with Gasteiger partial charge >= 0.3 is 0 Å². The molecule has 0 N–H and O–H groups in total. The maximum atomic E-state index is 10.0. The van der Waals surface area contributed by atoms with E-state index in [2.05, 4.69) is 29.1 Å². The van der Waals surface area contributed by atoms with Crippen LogP contribution in [0.15, 0.2) is 24.3 Å². The van der Waals surface area contributed by atoms with Crippen LogP contribution in [0.5, 0.6) is 0 Å². The first-order valence-electron chi connectivity index (χ1n) is 2.99. The van der Waals surface area contributed by atoms with Gasteiger partial charge in [0.05, 0.1) is 0 Å². The third-order valence-corrected chi connectivity index (χ3v) is 2.27. The number of halogens is 2. The van der Waals surface area contributed by atoms with E-state index in [9.17, 15) is 9.59 Å². The van der Waals surface area contributed by atoms with E-state index in [1.54, 1.807) is 36.4 Å². The van der Waals surface area contributed by atoms with E-state index in [0.29, 0.717) is 11.1 Å². The molecule has 0 aromatic rings. The Bertz CT molecular complexity index is 173. The Balaban J connectivity index is 0. The molecule has 0 radical (unpaired) electrons. The molecule has 0 unspecified atom stereocenters. The first-order valence-corrected chi connectivity index (χ1v) is 4.87. The maximum Gasteiger partial charge on any atom is 0.223 e. The number of rotatable bonds is 2. The van der Waals surface area contributed by atoms with Crippen LogP contribution in [0.3, 0.4) is 0 Å². The molecule has 0 aromatic carbocycles. The van der Waals surface area contributed by atoms with Gasteiger partial charge in [-0.15, -0.1) is 0 Å². The molecule has 0 saturated heterocycles. The third-order valence-electron chi connectivity index (χ3n) is 0.671. The van der Waals surface area contributed by atoms with E-state index in [0.717, 1.165) is 0 Å². The molecular formula is C8H10BrIO2. The van der Waals surface area contributed by atoms with Gasteiger partial charge in [-0.1, -0.05) is 13.2 Å². The lowest BCUT2D eigenvalue weighted by Crippen LogP contribution is -1.80. The standard InChI is InChI=1S/C4H5BrO.C4H5IO/c2*1-3(2)4(5)6/h2*1H2,2H3. The van der Waals surface area contributed by atoms with Gasteiger partial charge in [-0.05, 0) is 40.9 Å². The number of hydrogen-bond donors (Lipinski definition) is 0. The predicted octanol–water partition coefficient (Wildman–Crippen LogP) is 3.01. The van der Waals surface area contributed by atoms with Crippen molar-refractivity contribution in [3.8, 4) is 0 Å². The van der Waals surface area contributed by atoms with Crippen molar-refractivity contribution in [3.63, 3.8) is 0 Å². The fourth-order valence-electron chi connectivity index (χ4n) is 0. The molecule has 0 fully saturated rings. The van der Waals surface area contributed by atoms with Crippen LogP contribution in [-0.4, -0.2) is 8.48 Å². The van der Waals surface area contributed by atoms with Gasteiger partial charge in [0.1, 0.15) is 0 Å². The smallest absolute Gasteiger partial charge is 0.223 e. The second kappa shape index (κ2) is 7.67. The van der Waals surface area contributed by atoms with Crippen LogP contribution >= 0.6 is 38.5 Å². The molecule has 0 aliphatic rings. The highest BCUT2D eigenvalue weighted by atomic mass is 127. The van der Waals surface area contributed by atoms with Gasteiger partial charge in [0.15, 0.2) is 0 Å². The van der Waals surface area contributed by atoms with E-state index < -0.39 is 0 Å². The van der Waals surface area contributed by atoms with Crippen molar-refractivity contribution >= 4 is 47.0 Å². The minimum Gasteiger partial charge on any atom is -0.283 e. The highest BCUT2D eigenvalue weighted by molar-refractivity contribution is 14.1. The normalized spacial score (nSPS) is 7.67. The Kier molecular flexibility index (Phi) is 9.30. The molecule has 68 valence electrons. The second-order valence-corrected chi connectivity index (χ2v) is 3.81. The Morgan fingerprint density at radius 3 is 1.33 bits per heavy atom. The van der Waals surface area contributed by atoms with Gasteiger partial charge in [-0.25, -0.2) is 0 Å². The topological polar surface area (TPSA) is 34.1 Å². The van der Waals surface area contributed by atoms with Crippen LogP contribution in [0.2, 0.25) is 0 Å². The van der Waals surface area contributed by atoms with Gasteiger partial charge in [0.2, 0.25) is 8.48 Å². The van der Waals surface area contributed by atoms with Crippen LogP contribution in [0.1, 0.15) is 13.8 Å². The molecule has 0 atom stereocenters. The zero-order chi connectivity index (χ0) is 10.3. The molecule has 0 amide bonds. The molecule has 0 bridgehead atoms. The summed E-state index contributed by atoms with van der Waals surface area (Å²) in [4.78, 5) is 20.0. The number of hydrogen-bond acceptors (Lipinski definition) is 2. The SMILES string of the molecule is C=C(C)C(=O)Br.C=C(C)C(=O)I. The van der Waals surface area contributed by atoms with E-state index >= 15 is 0 Å². The number of allylic oxidation sites excluding steroid dienone is 2. The molecule has 4 heteroatoms. The average Bonchev–Trinajstić information content (AvgIpc) is 1.88. The average molecular weight is 345 g/mol. The molecule has 0 spiro atoms. The zero-order valence-electron chi connectivity index (χ0n) is 6.99. The summed E-state index contributed by atoms with van der Waals surface area (Å²) < 4.78 is -0.0879. The molecule has 2 nitrogen and oxygen atoms in total. The minimum absolute atomic E-state index is 0.0348. The third kappa shape index (κ3) is 12.7. The molecular weight excluding hydrogens is 335 g/mol. The quantitative estimate of drug-likeness (QED) is 0.438. The van der Waals surface area contributed by atoms with Crippen molar-refractivity contribution < 1.29 is 9.59 Å². The highest BCUT2D eigenvalue weighted by Gasteiger charge is 1.89. The van der Waals surface area contributed by atoms with Crippen LogP contribution in [0.4, 0.5) is 0 Å². The summed E-state index contributed by atoms with van der Waals surface area (Å²) in [5, 5.41) is 0. The monoisotopic (exact) mass is 344 g/mol. The van der Waals surface area contributed by atoms with Gasteiger partial charge in [-0.2, -0.15) is 0 Å². The van der Waals surface area contributed by atoms with Crippen LogP contribution in [0, 0.1) is 0 Å². The van der Waals surface area contributed by atoms with E-state index in [-0.39, 0.29) is 8.48 Å². The minimum atomic E-state index is -0.123. The highest BCUT2D eigenvalue weighted by Crippen LogP contribution is 1.95. The van der Waals surface area contributed by atoms with Gasteiger partial charge in [0.25, 0.3) is 0 Å². The Morgan fingerprint density at radius 2 is 1.33 bits per heavy atom. The lowest BCUT2D eigenvalue weighted by Gasteiger charge is -1.78. The van der Waals surface area contributed by atoms with Crippen LogP contribution in [0.25, 0.3) is 0 Å². The lowest BCUT2D eigenvalue weighted by molar-refractivity contribution is -0.107. The van der Waals surface area contributed by atoms with Crippen molar-refractivity contribution in [2.75, 3.05) is 0 Å². The summed E-state index contributed by atoms with van der Waals surface area (Å²) in [7, 11) is 0. The van der Waals surface area contributed by atoms with E-state index in [4.69, 9.17) is 0 Å². The van der Waals surface area contributed by atoms with Gasteiger partial charge in [0, 0.05) is 22.6 Å². The van der Waals surface area contributed by atoms with Crippen LogP contribution in [-0.2, 0) is 9.59 Å². The summed E-state index contributed by atoms with van der Waals surface area (Å²) >= 11 is 4.39. The predicted molar refractivity (Wildman–Crippen MR) is 62.6 cm³/mol. The summed E-state index contributed by atoms with van der Waals surface area (Å²) in [6, 6.07) is 0. The molecule has 0 aromatic heterocycles. The van der Waals surface area contributed by atoms with Gasteiger partial charge in [-0.3, -0.25) is 9.59 Å². The molecule has 0 aliphatic carbocycles. The van der Waals surface area contributed by atoms with Crippen molar-refractivity contribution in [2.45, 2.75) is 13.8 Å². The first-order chi connectivity index (χ1) is 5.29. The fraction of sp³-hybridized carbons (Fsp3) is 0.250. The summed E-state index contributed by atoms with van der Waals surface area (Å²) in [5.74, 6) is 0. The first kappa shape index (κ1) is 14.5. The van der Waals surface area contributed by atoms with Crippen molar-refractivity contribution in [1.82, 2.24) is 0 Å². The summed E-state index contributed by atoms with van der Waals surface area (Å²) in [5.41, 5.74) is 1.14. The molecule has 12 heavy (non-hydrogen) atoms. The maximum absolute atomic E-state index is 10.0.